The van der Waals surface area contributed by atoms with Crippen molar-refractivity contribution in [1.82, 2.24) is 9.97 Å². The Morgan fingerprint density at radius 1 is 1.29 bits per heavy atom. The van der Waals surface area contributed by atoms with Crippen molar-refractivity contribution < 1.29 is 14.5 Å². The fourth-order valence-electron chi connectivity index (χ4n) is 2.66. The van der Waals surface area contributed by atoms with Crippen LogP contribution in [0.5, 0.6) is 5.75 Å². The molecule has 9 heteroatoms. The minimum Gasteiger partial charge on any atom is -0.494 e. The Hall–Kier alpha value is -3.07. The molecule has 0 unspecified atom stereocenters. The number of fused-ring (bicyclic) bond motifs is 1. The third kappa shape index (κ3) is 4.42. The number of carbonyl (C=O) groups excluding carboxylic acids is 1. The molecule has 0 aliphatic rings. The Morgan fingerprint density at radius 2 is 2.04 bits per heavy atom. The molecule has 0 radical (unpaired) electrons. The number of aromatic amines is 1. The van der Waals surface area contributed by atoms with Crippen molar-refractivity contribution in [2.45, 2.75) is 25.9 Å². The summed E-state index contributed by atoms with van der Waals surface area (Å²) in [5.74, 6) is 0.476. The monoisotopic (exact) mass is 400 g/mol. The first-order chi connectivity index (χ1) is 13.4. The molecule has 3 aromatic rings. The van der Waals surface area contributed by atoms with Crippen LogP contribution in [0.15, 0.2) is 35.5 Å². The molecule has 0 saturated carbocycles. The number of H-pyrrole nitrogens is 1. The van der Waals surface area contributed by atoms with E-state index in [0.717, 1.165) is 27.9 Å². The topological polar surface area (TPSA) is 110 Å². The zero-order chi connectivity index (χ0) is 20.3. The number of imidazole rings is 1. The van der Waals surface area contributed by atoms with Crippen LogP contribution in [0.25, 0.3) is 11.0 Å². The molecule has 1 heterocycles. The molecule has 28 heavy (non-hydrogen) atoms. The molecular formula is C19H20N4O4S. The molecule has 0 spiro atoms. The summed E-state index contributed by atoms with van der Waals surface area (Å²) in [7, 11) is 0. The van der Waals surface area contributed by atoms with Gasteiger partial charge in [0.05, 0.1) is 28.3 Å². The van der Waals surface area contributed by atoms with Gasteiger partial charge in [0.15, 0.2) is 5.16 Å². The minimum atomic E-state index is -0.496. The number of ether oxygens (including phenoxy) is 1. The number of nitro groups is 1. The van der Waals surface area contributed by atoms with Gasteiger partial charge in [-0.15, -0.1) is 0 Å². The number of rotatable bonds is 7. The number of aromatic nitrogens is 2. The van der Waals surface area contributed by atoms with E-state index in [4.69, 9.17) is 4.74 Å². The molecule has 2 aromatic carbocycles. The lowest BCUT2D eigenvalue weighted by atomic mass is 10.1. The Labute approximate surface area is 165 Å². The van der Waals surface area contributed by atoms with Crippen LogP contribution in [0.1, 0.15) is 18.1 Å². The predicted octanol–water partition coefficient (Wildman–Crippen LogP) is 4.22. The van der Waals surface area contributed by atoms with Gasteiger partial charge in [0.25, 0.3) is 5.69 Å². The highest BCUT2D eigenvalue weighted by atomic mass is 32.2. The van der Waals surface area contributed by atoms with Crippen LogP contribution in [-0.2, 0) is 4.79 Å². The molecule has 0 aliphatic carbocycles. The third-order valence-electron chi connectivity index (χ3n) is 4.17. The van der Waals surface area contributed by atoms with E-state index in [1.165, 1.54) is 17.8 Å². The van der Waals surface area contributed by atoms with Crippen LogP contribution < -0.4 is 10.1 Å². The van der Waals surface area contributed by atoms with Crippen molar-refractivity contribution in [3.8, 4) is 5.75 Å². The van der Waals surface area contributed by atoms with Crippen molar-refractivity contribution in [1.29, 1.82) is 0 Å². The van der Waals surface area contributed by atoms with Crippen LogP contribution in [0.3, 0.4) is 0 Å². The van der Waals surface area contributed by atoms with Crippen molar-refractivity contribution in [3.05, 3.63) is 51.6 Å². The second kappa shape index (κ2) is 8.30. The number of amides is 1. The summed E-state index contributed by atoms with van der Waals surface area (Å²) in [6, 6.07) is 8.63. The summed E-state index contributed by atoms with van der Waals surface area (Å²) < 4.78 is 5.46. The molecule has 146 valence electrons. The molecule has 0 aliphatic heterocycles. The molecule has 0 fully saturated rings. The Balaban J connectivity index is 1.68. The second-order valence-corrected chi connectivity index (χ2v) is 7.17. The lowest BCUT2D eigenvalue weighted by Gasteiger charge is -2.08. The van der Waals surface area contributed by atoms with E-state index in [0.29, 0.717) is 11.8 Å². The van der Waals surface area contributed by atoms with Gasteiger partial charge < -0.3 is 15.0 Å². The molecule has 2 N–H and O–H groups in total. The van der Waals surface area contributed by atoms with E-state index in [9.17, 15) is 14.9 Å². The van der Waals surface area contributed by atoms with Gasteiger partial charge in [-0.25, -0.2) is 4.98 Å². The maximum atomic E-state index is 12.3. The fourth-order valence-corrected chi connectivity index (χ4v) is 3.35. The molecule has 1 aromatic heterocycles. The first-order valence-corrected chi connectivity index (χ1v) is 9.66. The van der Waals surface area contributed by atoms with Gasteiger partial charge in [0.1, 0.15) is 11.4 Å². The lowest BCUT2D eigenvalue weighted by Crippen LogP contribution is -2.15. The van der Waals surface area contributed by atoms with E-state index in [1.54, 1.807) is 13.0 Å². The minimum absolute atomic E-state index is 0.0716. The number of thioether (sulfide) groups is 1. The van der Waals surface area contributed by atoms with Crippen molar-refractivity contribution in [3.63, 3.8) is 0 Å². The highest BCUT2D eigenvalue weighted by Crippen LogP contribution is 2.28. The van der Waals surface area contributed by atoms with E-state index >= 15 is 0 Å². The molecule has 0 saturated heterocycles. The Bertz CT molecular complexity index is 1050. The van der Waals surface area contributed by atoms with E-state index in [2.05, 4.69) is 15.3 Å². The van der Waals surface area contributed by atoms with Crippen LogP contribution >= 0.6 is 11.8 Å². The molecular weight excluding hydrogens is 380 g/mol. The van der Waals surface area contributed by atoms with Gasteiger partial charge in [0.2, 0.25) is 5.91 Å². The molecule has 0 atom stereocenters. The summed E-state index contributed by atoms with van der Waals surface area (Å²) in [5, 5.41) is 14.5. The smallest absolute Gasteiger partial charge is 0.293 e. The average Bonchev–Trinajstić information content (AvgIpc) is 3.05. The van der Waals surface area contributed by atoms with Crippen LogP contribution in [0.4, 0.5) is 11.4 Å². The quantitative estimate of drug-likeness (QED) is 0.349. The zero-order valence-electron chi connectivity index (χ0n) is 15.7. The summed E-state index contributed by atoms with van der Waals surface area (Å²) in [6.07, 6.45) is 0. The number of carbonyl (C=O) groups is 1. The first kappa shape index (κ1) is 19.7. The van der Waals surface area contributed by atoms with E-state index in [-0.39, 0.29) is 23.0 Å². The van der Waals surface area contributed by atoms with Crippen LogP contribution in [0.2, 0.25) is 0 Å². The predicted molar refractivity (Wildman–Crippen MR) is 109 cm³/mol. The summed E-state index contributed by atoms with van der Waals surface area (Å²) in [6.45, 7) is 6.12. The zero-order valence-corrected chi connectivity index (χ0v) is 16.6. The number of nitro benzene ring substituents is 1. The molecule has 0 bridgehead atoms. The number of hydrogen-bond donors (Lipinski definition) is 2. The van der Waals surface area contributed by atoms with Crippen LogP contribution in [0, 0.1) is 24.0 Å². The third-order valence-corrected chi connectivity index (χ3v) is 5.04. The fraction of sp³-hybridized carbons (Fsp3) is 0.263. The number of aryl methyl sites for hydroxylation is 2. The van der Waals surface area contributed by atoms with Gasteiger partial charge in [-0.1, -0.05) is 11.8 Å². The number of hydrogen-bond acceptors (Lipinski definition) is 6. The van der Waals surface area contributed by atoms with Gasteiger partial charge in [-0.2, -0.15) is 0 Å². The Kier molecular flexibility index (Phi) is 5.84. The maximum Gasteiger partial charge on any atom is 0.293 e. The van der Waals surface area contributed by atoms with Crippen molar-refractivity contribution in [2.24, 2.45) is 0 Å². The number of anilines is 1. The van der Waals surface area contributed by atoms with Crippen LogP contribution in [-0.4, -0.2) is 33.2 Å². The molecule has 1 amide bonds. The van der Waals surface area contributed by atoms with Gasteiger partial charge in [-0.05, 0) is 50.1 Å². The largest absolute Gasteiger partial charge is 0.494 e. The standard InChI is InChI=1S/C19H20N4O4S/c1-4-27-13-5-6-14-15(9-13)22-19(21-14)28-10-18(24)20-16-7-11(2)12(3)8-17(16)23(25)26/h5-9H,4,10H2,1-3H3,(H,20,24)(H,21,22). The van der Waals surface area contributed by atoms with E-state index < -0.39 is 4.92 Å². The average molecular weight is 400 g/mol. The van der Waals surface area contributed by atoms with Gasteiger partial charge in [0, 0.05) is 12.1 Å². The van der Waals surface area contributed by atoms with Gasteiger partial charge >= 0.3 is 0 Å². The highest BCUT2D eigenvalue weighted by molar-refractivity contribution is 7.99. The van der Waals surface area contributed by atoms with E-state index in [1.807, 2.05) is 32.0 Å². The normalized spacial score (nSPS) is 10.8. The maximum absolute atomic E-state index is 12.3. The summed E-state index contributed by atoms with van der Waals surface area (Å²) in [4.78, 5) is 30.6. The SMILES string of the molecule is CCOc1ccc2nc(SCC(=O)Nc3cc(C)c(C)cc3[N+](=O)[O-])[nH]c2c1. The van der Waals surface area contributed by atoms with Crippen molar-refractivity contribution in [2.75, 3.05) is 17.7 Å². The number of nitrogens with one attached hydrogen (secondary N) is 2. The second-order valence-electron chi connectivity index (χ2n) is 6.20. The number of nitrogens with zero attached hydrogens (tertiary/aromatic N) is 2. The van der Waals surface area contributed by atoms with Gasteiger partial charge in [-0.3, -0.25) is 14.9 Å². The molecule has 8 nitrogen and oxygen atoms in total. The van der Waals surface area contributed by atoms with Crippen molar-refractivity contribution >= 4 is 40.1 Å². The molecule has 3 rings (SSSR count). The highest BCUT2D eigenvalue weighted by Gasteiger charge is 2.18. The number of benzene rings is 2. The summed E-state index contributed by atoms with van der Waals surface area (Å²) >= 11 is 1.22. The Morgan fingerprint density at radius 3 is 2.75 bits per heavy atom. The summed E-state index contributed by atoms with van der Waals surface area (Å²) in [5.41, 5.74) is 3.34. The lowest BCUT2D eigenvalue weighted by molar-refractivity contribution is -0.384. The first-order valence-electron chi connectivity index (χ1n) is 8.68.